The van der Waals surface area contributed by atoms with Crippen molar-refractivity contribution in [2.24, 2.45) is 0 Å². The minimum absolute atomic E-state index is 0.192. The van der Waals surface area contributed by atoms with Crippen LogP contribution in [0.25, 0.3) is 0 Å². The molecule has 0 spiro atoms. The van der Waals surface area contributed by atoms with Gasteiger partial charge in [-0.15, -0.1) is 11.3 Å². The molecule has 138 valence electrons. The first-order valence-corrected chi connectivity index (χ1v) is 9.41. The van der Waals surface area contributed by atoms with Gasteiger partial charge in [-0.2, -0.15) is 0 Å². The first-order chi connectivity index (χ1) is 12.9. The number of urea groups is 1. The Labute approximate surface area is 169 Å². The van der Waals surface area contributed by atoms with Crippen LogP contribution in [0, 0.1) is 6.92 Å². The maximum absolute atomic E-state index is 12.4. The zero-order valence-electron chi connectivity index (χ0n) is 14.0. The van der Waals surface area contributed by atoms with E-state index in [-0.39, 0.29) is 11.6 Å². The summed E-state index contributed by atoms with van der Waals surface area (Å²) in [7, 11) is 0. The van der Waals surface area contributed by atoms with E-state index in [4.69, 9.17) is 23.2 Å². The Morgan fingerprint density at radius 1 is 1.04 bits per heavy atom. The highest BCUT2D eigenvalue weighted by atomic mass is 35.5. The van der Waals surface area contributed by atoms with E-state index in [9.17, 15) is 9.59 Å². The second-order valence-electron chi connectivity index (χ2n) is 5.49. The van der Waals surface area contributed by atoms with Crippen molar-refractivity contribution >= 4 is 63.0 Å². The van der Waals surface area contributed by atoms with Crippen molar-refractivity contribution in [1.82, 2.24) is 4.98 Å². The van der Waals surface area contributed by atoms with Gasteiger partial charge in [0, 0.05) is 26.8 Å². The molecule has 0 saturated heterocycles. The second-order valence-corrected chi connectivity index (χ2v) is 7.20. The van der Waals surface area contributed by atoms with E-state index in [0.717, 1.165) is 16.9 Å². The van der Waals surface area contributed by atoms with Crippen LogP contribution in [0.15, 0.2) is 47.8 Å². The van der Waals surface area contributed by atoms with E-state index in [1.54, 1.807) is 47.8 Å². The number of hydrogen-bond donors (Lipinski definition) is 3. The fourth-order valence-corrected chi connectivity index (χ4v) is 3.24. The third kappa shape index (κ3) is 4.97. The van der Waals surface area contributed by atoms with E-state index >= 15 is 0 Å². The maximum Gasteiger partial charge on any atom is 0.325 e. The number of carbonyl (C=O) groups is 2. The molecule has 0 unspecified atom stereocenters. The van der Waals surface area contributed by atoms with Crippen LogP contribution in [0.2, 0.25) is 10.0 Å². The Balaban J connectivity index is 1.63. The predicted molar refractivity (Wildman–Crippen MR) is 110 cm³/mol. The number of carbonyl (C=O) groups excluding carboxylic acids is 2. The predicted octanol–water partition coefficient (Wildman–Crippen LogP) is 5.65. The highest BCUT2D eigenvalue weighted by Crippen LogP contribution is 2.24. The zero-order valence-corrected chi connectivity index (χ0v) is 16.4. The smallest absolute Gasteiger partial charge is 0.320 e. The molecule has 0 aliphatic carbocycles. The van der Waals surface area contributed by atoms with Crippen molar-refractivity contribution in [3.63, 3.8) is 0 Å². The van der Waals surface area contributed by atoms with Gasteiger partial charge in [0.15, 0.2) is 5.13 Å². The molecule has 3 aromatic rings. The highest BCUT2D eigenvalue weighted by Gasteiger charge is 2.14. The number of nitrogens with zero attached hydrogens (tertiary/aromatic N) is 1. The van der Waals surface area contributed by atoms with Crippen molar-refractivity contribution < 1.29 is 9.59 Å². The molecule has 1 aromatic heterocycles. The summed E-state index contributed by atoms with van der Waals surface area (Å²) < 4.78 is 0. The number of rotatable bonds is 4. The summed E-state index contributed by atoms with van der Waals surface area (Å²) in [6.07, 6.45) is 0. The molecule has 9 heteroatoms. The summed E-state index contributed by atoms with van der Waals surface area (Å²) in [4.78, 5) is 28.5. The number of hydrogen-bond acceptors (Lipinski definition) is 4. The molecule has 1 heterocycles. The van der Waals surface area contributed by atoms with Gasteiger partial charge in [-0.1, -0.05) is 35.3 Å². The van der Waals surface area contributed by atoms with Crippen molar-refractivity contribution in [3.8, 4) is 0 Å². The van der Waals surface area contributed by atoms with Gasteiger partial charge in [0.05, 0.1) is 0 Å². The lowest BCUT2D eigenvalue weighted by Gasteiger charge is -2.08. The standard InChI is InChI=1S/C18H14Cl2N4O2S/c1-10-13(20)6-3-7-14(10)22-16(25)15-9-27-18(23-15)24-17(26)21-12-5-2-4-11(19)8-12/h2-9H,1H3,(H,22,25)(H2,21,23,24,26). The Kier molecular flexibility index (Phi) is 5.95. The molecule has 27 heavy (non-hydrogen) atoms. The molecule has 3 N–H and O–H groups in total. The number of aromatic nitrogens is 1. The molecular weight excluding hydrogens is 407 g/mol. The molecule has 0 aliphatic rings. The van der Waals surface area contributed by atoms with Gasteiger partial charge >= 0.3 is 6.03 Å². The summed E-state index contributed by atoms with van der Waals surface area (Å²) >= 11 is 13.1. The number of amides is 3. The number of anilines is 3. The fourth-order valence-electron chi connectivity index (χ4n) is 2.19. The van der Waals surface area contributed by atoms with Crippen molar-refractivity contribution in [1.29, 1.82) is 0 Å². The van der Waals surface area contributed by atoms with Gasteiger partial charge in [-0.05, 0) is 42.8 Å². The molecular formula is C18H14Cl2N4O2S. The quantitative estimate of drug-likeness (QED) is 0.509. The number of benzene rings is 2. The zero-order chi connectivity index (χ0) is 19.4. The maximum atomic E-state index is 12.4. The van der Waals surface area contributed by atoms with E-state index in [2.05, 4.69) is 20.9 Å². The topological polar surface area (TPSA) is 83.1 Å². The van der Waals surface area contributed by atoms with Gasteiger partial charge in [0.1, 0.15) is 5.69 Å². The molecule has 0 atom stereocenters. The van der Waals surface area contributed by atoms with Gasteiger partial charge in [-0.25, -0.2) is 9.78 Å². The average molecular weight is 421 g/mol. The van der Waals surface area contributed by atoms with Crippen LogP contribution in [-0.2, 0) is 0 Å². The largest absolute Gasteiger partial charge is 0.325 e. The first kappa shape index (κ1) is 19.2. The van der Waals surface area contributed by atoms with Crippen LogP contribution >= 0.6 is 34.5 Å². The summed E-state index contributed by atoms with van der Waals surface area (Å²) in [5, 5.41) is 10.9. The molecule has 0 saturated carbocycles. The summed E-state index contributed by atoms with van der Waals surface area (Å²) in [5.74, 6) is -0.389. The number of nitrogens with one attached hydrogen (secondary N) is 3. The summed E-state index contributed by atoms with van der Waals surface area (Å²) in [6, 6.07) is 11.5. The molecule has 0 fully saturated rings. The molecule has 0 bridgehead atoms. The molecule has 3 amide bonds. The molecule has 3 rings (SSSR count). The average Bonchev–Trinajstić information content (AvgIpc) is 3.07. The van der Waals surface area contributed by atoms with Crippen LogP contribution in [0.5, 0.6) is 0 Å². The van der Waals surface area contributed by atoms with Crippen LogP contribution < -0.4 is 16.0 Å². The van der Waals surface area contributed by atoms with Crippen molar-refractivity contribution in [2.75, 3.05) is 16.0 Å². The van der Waals surface area contributed by atoms with E-state index in [1.807, 2.05) is 6.92 Å². The van der Waals surface area contributed by atoms with E-state index in [0.29, 0.717) is 26.6 Å². The monoisotopic (exact) mass is 420 g/mol. The minimum Gasteiger partial charge on any atom is -0.320 e. The Morgan fingerprint density at radius 2 is 1.81 bits per heavy atom. The van der Waals surface area contributed by atoms with Crippen LogP contribution in [0.4, 0.5) is 21.3 Å². The van der Waals surface area contributed by atoms with Crippen LogP contribution in [0.1, 0.15) is 16.1 Å². The molecule has 6 nitrogen and oxygen atoms in total. The van der Waals surface area contributed by atoms with Gasteiger partial charge < -0.3 is 10.6 Å². The van der Waals surface area contributed by atoms with E-state index < -0.39 is 6.03 Å². The summed E-state index contributed by atoms with van der Waals surface area (Å²) in [6.45, 7) is 1.81. The molecule has 0 aliphatic heterocycles. The molecule has 2 aromatic carbocycles. The van der Waals surface area contributed by atoms with E-state index in [1.165, 1.54) is 0 Å². The van der Waals surface area contributed by atoms with Gasteiger partial charge in [0.25, 0.3) is 5.91 Å². The Morgan fingerprint density at radius 3 is 2.59 bits per heavy atom. The van der Waals surface area contributed by atoms with Crippen LogP contribution in [-0.4, -0.2) is 16.9 Å². The Bertz CT molecular complexity index is 1010. The Hall–Kier alpha value is -2.61. The SMILES string of the molecule is Cc1c(Cl)cccc1NC(=O)c1csc(NC(=O)Nc2cccc(Cl)c2)n1. The lowest BCUT2D eigenvalue weighted by atomic mass is 10.2. The lowest BCUT2D eigenvalue weighted by Crippen LogP contribution is -2.19. The lowest BCUT2D eigenvalue weighted by molar-refractivity contribution is 0.102. The third-order valence-corrected chi connectivity index (χ3v) is 4.96. The molecule has 0 radical (unpaired) electrons. The first-order valence-electron chi connectivity index (χ1n) is 7.78. The fraction of sp³-hybridized carbons (Fsp3) is 0.0556. The number of thiazole rings is 1. The van der Waals surface area contributed by atoms with Gasteiger partial charge in [0.2, 0.25) is 0 Å². The van der Waals surface area contributed by atoms with Crippen LogP contribution in [0.3, 0.4) is 0 Å². The summed E-state index contributed by atoms with van der Waals surface area (Å²) in [5.41, 5.74) is 2.11. The van der Waals surface area contributed by atoms with Gasteiger partial charge in [-0.3, -0.25) is 10.1 Å². The second kappa shape index (κ2) is 8.39. The van der Waals surface area contributed by atoms with Crippen molar-refractivity contribution in [2.45, 2.75) is 6.92 Å². The van der Waals surface area contributed by atoms with Crippen molar-refractivity contribution in [3.05, 3.63) is 69.1 Å². The minimum atomic E-state index is -0.482. The highest BCUT2D eigenvalue weighted by molar-refractivity contribution is 7.14. The normalized spacial score (nSPS) is 10.3. The third-order valence-electron chi connectivity index (χ3n) is 3.56. The number of halogens is 2.